The predicted octanol–water partition coefficient (Wildman–Crippen LogP) is 3.12. The van der Waals surface area contributed by atoms with Crippen LogP contribution in [-0.2, 0) is 4.79 Å². The van der Waals surface area contributed by atoms with E-state index in [4.69, 9.17) is 9.47 Å². The van der Waals surface area contributed by atoms with E-state index in [1.165, 1.54) is 16.6 Å². The van der Waals surface area contributed by atoms with Crippen molar-refractivity contribution in [3.8, 4) is 23.0 Å². The fraction of sp³-hybridized carbons (Fsp3) is 0.217. The molecule has 0 atom stereocenters. The third kappa shape index (κ3) is 5.00. The summed E-state index contributed by atoms with van der Waals surface area (Å²) in [4.78, 5) is 12.0. The van der Waals surface area contributed by atoms with Gasteiger partial charge in [-0.3, -0.25) is 4.79 Å². The highest BCUT2D eigenvalue weighted by molar-refractivity contribution is 5.77. The van der Waals surface area contributed by atoms with Crippen molar-refractivity contribution in [1.29, 1.82) is 0 Å². The minimum absolute atomic E-state index is 0.0776. The highest BCUT2D eigenvalue weighted by atomic mass is 19.1. The Hall–Kier alpha value is -4.01. The number of hydrogen-bond acceptors (Lipinski definition) is 6. The average molecular weight is 435 g/mol. The lowest BCUT2D eigenvalue weighted by molar-refractivity contribution is -0.123. The van der Waals surface area contributed by atoms with Gasteiger partial charge < -0.3 is 14.8 Å². The number of aromatic nitrogens is 4. The summed E-state index contributed by atoms with van der Waals surface area (Å²) in [7, 11) is 0. The summed E-state index contributed by atoms with van der Waals surface area (Å²) in [6, 6.07) is 15.2. The van der Waals surface area contributed by atoms with E-state index >= 15 is 0 Å². The molecule has 2 aromatic heterocycles. The zero-order chi connectivity index (χ0) is 22.5. The normalized spacial score (nSPS) is 10.8. The number of amides is 1. The molecule has 0 aliphatic carbocycles. The summed E-state index contributed by atoms with van der Waals surface area (Å²) in [5, 5.41) is 15.2. The van der Waals surface area contributed by atoms with Gasteiger partial charge in [-0.05, 0) is 43.7 Å². The second-order valence-electron chi connectivity index (χ2n) is 7.23. The molecule has 0 radical (unpaired) electrons. The number of ether oxygens (including phenoxy) is 2. The van der Waals surface area contributed by atoms with Crippen LogP contribution in [0.2, 0.25) is 0 Å². The summed E-state index contributed by atoms with van der Waals surface area (Å²) < 4.78 is 26.2. The Balaban J connectivity index is 1.30. The molecule has 0 saturated heterocycles. The number of benzene rings is 2. The molecule has 0 aliphatic heterocycles. The molecule has 0 bridgehead atoms. The van der Waals surface area contributed by atoms with E-state index in [-0.39, 0.29) is 31.5 Å². The molecule has 2 aromatic carbocycles. The summed E-state index contributed by atoms with van der Waals surface area (Å²) >= 11 is 0. The summed E-state index contributed by atoms with van der Waals surface area (Å²) in [5.41, 5.74) is 3.18. The zero-order valence-corrected chi connectivity index (χ0v) is 17.7. The molecule has 164 valence electrons. The van der Waals surface area contributed by atoms with E-state index in [0.29, 0.717) is 28.7 Å². The molecular formula is C23H22FN5O3. The van der Waals surface area contributed by atoms with E-state index in [2.05, 4.69) is 20.6 Å². The number of nitrogens with one attached hydrogen (secondary N) is 1. The molecule has 1 amide bonds. The Kier molecular flexibility index (Phi) is 6.25. The van der Waals surface area contributed by atoms with Gasteiger partial charge in [-0.25, -0.2) is 4.39 Å². The van der Waals surface area contributed by atoms with Crippen LogP contribution in [0, 0.1) is 19.7 Å². The molecular weight excluding hydrogens is 413 g/mol. The van der Waals surface area contributed by atoms with Gasteiger partial charge in [0, 0.05) is 11.6 Å². The van der Waals surface area contributed by atoms with Crippen LogP contribution in [-0.4, -0.2) is 45.5 Å². The monoisotopic (exact) mass is 435 g/mol. The molecule has 1 N–H and O–H groups in total. The minimum Gasteiger partial charge on any atom is -0.484 e. The highest BCUT2D eigenvalue weighted by Gasteiger charge is 2.11. The maximum atomic E-state index is 13.6. The van der Waals surface area contributed by atoms with Crippen molar-refractivity contribution in [1.82, 2.24) is 25.1 Å². The molecule has 0 saturated carbocycles. The summed E-state index contributed by atoms with van der Waals surface area (Å²) in [6.07, 6.45) is 0. The molecule has 0 spiro atoms. The van der Waals surface area contributed by atoms with Gasteiger partial charge in [-0.2, -0.15) is 4.52 Å². The van der Waals surface area contributed by atoms with Crippen molar-refractivity contribution < 1.29 is 18.7 Å². The molecule has 8 nitrogen and oxygen atoms in total. The van der Waals surface area contributed by atoms with Crippen molar-refractivity contribution >= 4 is 11.6 Å². The lowest BCUT2D eigenvalue weighted by Gasteiger charge is -2.10. The number of fused-ring (bicyclic) bond motifs is 1. The number of nitrogens with zero attached hydrogens (tertiary/aromatic N) is 4. The molecule has 0 unspecified atom stereocenters. The van der Waals surface area contributed by atoms with Gasteiger partial charge in [0.15, 0.2) is 18.1 Å². The van der Waals surface area contributed by atoms with Crippen molar-refractivity contribution in [3.05, 3.63) is 71.5 Å². The largest absolute Gasteiger partial charge is 0.484 e. The van der Waals surface area contributed by atoms with Gasteiger partial charge in [-0.1, -0.05) is 29.8 Å². The van der Waals surface area contributed by atoms with Crippen LogP contribution in [0.25, 0.3) is 17.0 Å². The first-order valence-corrected chi connectivity index (χ1v) is 10.1. The van der Waals surface area contributed by atoms with Gasteiger partial charge in [0.25, 0.3) is 5.91 Å². The van der Waals surface area contributed by atoms with Crippen molar-refractivity contribution in [3.63, 3.8) is 0 Å². The molecule has 0 aliphatic rings. The van der Waals surface area contributed by atoms with Crippen LogP contribution in [0.15, 0.2) is 54.6 Å². The maximum absolute atomic E-state index is 13.6. The Morgan fingerprint density at radius 1 is 1.06 bits per heavy atom. The predicted molar refractivity (Wildman–Crippen MR) is 116 cm³/mol. The SMILES string of the molecule is Cc1ccc(OCC(=O)NCCOc2ccc3nnc(-c4cccc(F)c4)n3n2)c(C)c1. The van der Waals surface area contributed by atoms with E-state index in [9.17, 15) is 9.18 Å². The smallest absolute Gasteiger partial charge is 0.258 e. The molecule has 2 heterocycles. The van der Waals surface area contributed by atoms with Crippen LogP contribution < -0.4 is 14.8 Å². The Labute approximate surface area is 184 Å². The number of carbonyl (C=O) groups is 1. The number of rotatable bonds is 8. The van der Waals surface area contributed by atoms with E-state index in [1.807, 2.05) is 32.0 Å². The van der Waals surface area contributed by atoms with Crippen LogP contribution in [0.1, 0.15) is 11.1 Å². The molecule has 32 heavy (non-hydrogen) atoms. The molecule has 4 aromatic rings. The third-order valence-corrected chi connectivity index (χ3v) is 4.68. The van der Waals surface area contributed by atoms with E-state index in [1.54, 1.807) is 24.3 Å². The summed E-state index contributed by atoms with van der Waals surface area (Å²) in [6.45, 7) is 4.36. The van der Waals surface area contributed by atoms with Gasteiger partial charge in [0.05, 0.1) is 6.54 Å². The standard InChI is InChI=1S/C23H22FN5O3/c1-15-6-7-19(16(2)12-15)32-14-21(30)25-10-11-31-22-9-8-20-26-27-23(29(20)28-22)17-4-3-5-18(24)13-17/h3-9,12-13H,10-11,14H2,1-2H3,(H,25,30). The first kappa shape index (κ1) is 21.2. The first-order chi connectivity index (χ1) is 15.5. The fourth-order valence-electron chi connectivity index (χ4n) is 3.16. The second-order valence-corrected chi connectivity index (χ2v) is 7.23. The van der Waals surface area contributed by atoms with Gasteiger partial charge in [-0.15, -0.1) is 15.3 Å². The molecule has 9 heteroatoms. The lowest BCUT2D eigenvalue weighted by Crippen LogP contribution is -2.32. The summed E-state index contributed by atoms with van der Waals surface area (Å²) in [5.74, 6) is 0.799. The van der Waals surface area contributed by atoms with Crippen molar-refractivity contribution in [2.45, 2.75) is 13.8 Å². The van der Waals surface area contributed by atoms with Crippen LogP contribution in [0.5, 0.6) is 11.6 Å². The minimum atomic E-state index is -0.371. The Morgan fingerprint density at radius 3 is 2.75 bits per heavy atom. The van der Waals surface area contributed by atoms with Gasteiger partial charge >= 0.3 is 0 Å². The number of aryl methyl sites for hydroxylation is 2. The van der Waals surface area contributed by atoms with Crippen molar-refractivity contribution in [2.75, 3.05) is 19.8 Å². The Bertz CT molecular complexity index is 1260. The fourth-order valence-corrected chi connectivity index (χ4v) is 3.16. The number of carbonyl (C=O) groups excluding carboxylic acids is 1. The second kappa shape index (κ2) is 9.42. The third-order valence-electron chi connectivity index (χ3n) is 4.68. The van der Waals surface area contributed by atoms with E-state index < -0.39 is 0 Å². The van der Waals surface area contributed by atoms with Crippen LogP contribution >= 0.6 is 0 Å². The topological polar surface area (TPSA) is 90.6 Å². The van der Waals surface area contributed by atoms with Crippen molar-refractivity contribution in [2.24, 2.45) is 0 Å². The highest BCUT2D eigenvalue weighted by Crippen LogP contribution is 2.20. The van der Waals surface area contributed by atoms with Crippen LogP contribution in [0.4, 0.5) is 4.39 Å². The van der Waals surface area contributed by atoms with E-state index in [0.717, 1.165) is 11.1 Å². The van der Waals surface area contributed by atoms with Crippen LogP contribution in [0.3, 0.4) is 0 Å². The average Bonchev–Trinajstić information content (AvgIpc) is 3.19. The first-order valence-electron chi connectivity index (χ1n) is 10.1. The lowest BCUT2D eigenvalue weighted by atomic mass is 10.1. The Morgan fingerprint density at radius 2 is 1.94 bits per heavy atom. The molecule has 0 fully saturated rings. The van der Waals surface area contributed by atoms with Gasteiger partial charge in [0.2, 0.25) is 5.88 Å². The maximum Gasteiger partial charge on any atom is 0.258 e. The molecule has 4 rings (SSSR count). The van der Waals surface area contributed by atoms with Gasteiger partial charge in [0.1, 0.15) is 18.2 Å². The number of halogens is 1. The zero-order valence-electron chi connectivity index (χ0n) is 17.7. The quantitative estimate of drug-likeness (QED) is 0.428. The number of hydrogen-bond donors (Lipinski definition) is 1.